The van der Waals surface area contributed by atoms with Gasteiger partial charge in [0.05, 0.1) is 38.5 Å². The fourth-order valence-corrected chi connectivity index (χ4v) is 3.54. The smallest absolute Gasteiger partial charge is 0.340 e. The summed E-state index contributed by atoms with van der Waals surface area (Å²) in [6, 6.07) is 15.1. The van der Waals surface area contributed by atoms with Gasteiger partial charge in [0.15, 0.2) is 0 Å². The van der Waals surface area contributed by atoms with Gasteiger partial charge in [0.2, 0.25) is 0 Å². The maximum absolute atomic E-state index is 12.6. The number of nitrogens with zero attached hydrogens (tertiary/aromatic N) is 1. The highest BCUT2D eigenvalue weighted by atomic mass is 16.5. The molecule has 0 amide bonds. The van der Waals surface area contributed by atoms with Gasteiger partial charge in [-0.3, -0.25) is 0 Å². The Labute approximate surface area is 182 Å². The molecule has 6 heteroatoms. The van der Waals surface area contributed by atoms with Crippen LogP contribution in [0.1, 0.15) is 22.7 Å². The molecule has 31 heavy (non-hydrogen) atoms. The van der Waals surface area contributed by atoms with E-state index in [1.807, 2.05) is 59.5 Å². The molecule has 2 aromatic carbocycles. The van der Waals surface area contributed by atoms with E-state index in [-0.39, 0.29) is 17.2 Å². The standard InChI is InChI=1S/C25H25NO5/c1-5-23-20-9-7-6-8-18(20)14-21(24(27)30-3)22(25(28)31-4)16-26(23)15-17-10-12-19(29-2)13-11-17/h5-14,16,23H,1,15H2,2-4H3. The van der Waals surface area contributed by atoms with Gasteiger partial charge < -0.3 is 19.1 Å². The molecule has 0 spiro atoms. The maximum atomic E-state index is 12.6. The number of hydrogen-bond acceptors (Lipinski definition) is 6. The minimum absolute atomic E-state index is 0.115. The van der Waals surface area contributed by atoms with E-state index in [1.165, 1.54) is 14.2 Å². The van der Waals surface area contributed by atoms with Gasteiger partial charge in [-0.15, -0.1) is 6.58 Å². The van der Waals surface area contributed by atoms with Crippen LogP contribution in [0.4, 0.5) is 0 Å². The number of fused-ring (bicyclic) bond motifs is 1. The molecule has 0 radical (unpaired) electrons. The molecule has 0 aromatic heterocycles. The van der Waals surface area contributed by atoms with Gasteiger partial charge in [-0.2, -0.15) is 0 Å². The molecule has 0 N–H and O–H groups in total. The molecule has 0 fully saturated rings. The molecule has 1 atom stereocenters. The van der Waals surface area contributed by atoms with E-state index < -0.39 is 11.9 Å². The Morgan fingerprint density at radius 1 is 0.968 bits per heavy atom. The fraction of sp³-hybridized carbons (Fsp3) is 0.200. The fourth-order valence-electron chi connectivity index (χ4n) is 3.54. The topological polar surface area (TPSA) is 65.1 Å². The van der Waals surface area contributed by atoms with Crippen LogP contribution in [0.2, 0.25) is 0 Å². The number of benzene rings is 2. The van der Waals surface area contributed by atoms with Gasteiger partial charge in [-0.25, -0.2) is 9.59 Å². The van der Waals surface area contributed by atoms with Gasteiger partial charge in [0.1, 0.15) is 5.75 Å². The molecular formula is C25H25NO5. The minimum atomic E-state index is -0.626. The van der Waals surface area contributed by atoms with Crippen LogP contribution in [-0.2, 0) is 25.6 Å². The van der Waals surface area contributed by atoms with E-state index in [0.29, 0.717) is 6.54 Å². The first-order valence-electron chi connectivity index (χ1n) is 9.73. The van der Waals surface area contributed by atoms with E-state index in [9.17, 15) is 9.59 Å². The Hall–Kier alpha value is -3.80. The monoisotopic (exact) mass is 419 g/mol. The predicted octanol–water partition coefficient (Wildman–Crippen LogP) is 4.05. The summed E-state index contributed by atoms with van der Waals surface area (Å²) in [5, 5.41) is 0. The number of rotatable bonds is 6. The number of carbonyl (C=O) groups excluding carboxylic acids is 2. The van der Waals surface area contributed by atoms with Gasteiger partial charge in [-0.05, 0) is 34.9 Å². The third-order valence-corrected chi connectivity index (χ3v) is 5.11. The molecule has 6 nitrogen and oxygen atoms in total. The van der Waals surface area contributed by atoms with Crippen LogP contribution in [0, 0.1) is 0 Å². The molecule has 2 aromatic rings. The maximum Gasteiger partial charge on any atom is 0.340 e. The molecule has 0 aliphatic carbocycles. The van der Waals surface area contributed by atoms with Crippen molar-refractivity contribution in [2.75, 3.05) is 21.3 Å². The molecule has 0 bridgehead atoms. The van der Waals surface area contributed by atoms with Crippen LogP contribution in [0.5, 0.6) is 5.75 Å². The largest absolute Gasteiger partial charge is 0.497 e. The average Bonchev–Trinajstić information content (AvgIpc) is 2.80. The molecule has 0 saturated carbocycles. The number of ether oxygens (including phenoxy) is 3. The molecular weight excluding hydrogens is 394 g/mol. The zero-order valence-corrected chi connectivity index (χ0v) is 17.8. The van der Waals surface area contributed by atoms with Crippen molar-refractivity contribution in [3.63, 3.8) is 0 Å². The Balaban J connectivity index is 2.19. The molecule has 1 aliphatic heterocycles. The summed E-state index contributed by atoms with van der Waals surface area (Å²) in [7, 11) is 4.18. The lowest BCUT2D eigenvalue weighted by atomic mass is 9.93. The molecule has 1 aliphatic rings. The Bertz CT molecular complexity index is 1040. The first-order valence-corrected chi connectivity index (χ1v) is 9.73. The highest BCUT2D eigenvalue weighted by molar-refractivity contribution is 6.10. The SMILES string of the molecule is C=CC1c2ccccc2C=C(C(=O)OC)C(C(=O)OC)=CN1Cc1ccc(OC)cc1. The van der Waals surface area contributed by atoms with Crippen LogP contribution < -0.4 is 4.74 Å². The zero-order chi connectivity index (χ0) is 22.4. The Morgan fingerprint density at radius 3 is 2.23 bits per heavy atom. The summed E-state index contributed by atoms with van der Waals surface area (Å²) in [4.78, 5) is 27.2. The Morgan fingerprint density at radius 2 is 1.61 bits per heavy atom. The molecule has 0 saturated heterocycles. The third-order valence-electron chi connectivity index (χ3n) is 5.11. The van der Waals surface area contributed by atoms with E-state index >= 15 is 0 Å². The summed E-state index contributed by atoms with van der Waals surface area (Å²) in [5.41, 5.74) is 2.98. The highest BCUT2D eigenvalue weighted by Gasteiger charge is 2.28. The normalized spacial score (nSPS) is 15.5. The van der Waals surface area contributed by atoms with Crippen molar-refractivity contribution < 1.29 is 23.8 Å². The number of esters is 2. The first-order chi connectivity index (χ1) is 15.0. The van der Waals surface area contributed by atoms with Crippen molar-refractivity contribution in [2.24, 2.45) is 0 Å². The quantitative estimate of drug-likeness (QED) is 0.520. The van der Waals surface area contributed by atoms with E-state index in [0.717, 1.165) is 22.4 Å². The number of methoxy groups -OCH3 is 3. The summed E-state index contributed by atoms with van der Waals surface area (Å²) >= 11 is 0. The van der Waals surface area contributed by atoms with Crippen LogP contribution >= 0.6 is 0 Å². The summed E-state index contributed by atoms with van der Waals surface area (Å²) in [6.45, 7) is 4.48. The summed E-state index contributed by atoms with van der Waals surface area (Å²) in [5.74, 6) is -0.491. The van der Waals surface area contributed by atoms with E-state index in [2.05, 4.69) is 6.58 Å². The van der Waals surface area contributed by atoms with Crippen molar-refractivity contribution in [1.29, 1.82) is 0 Å². The van der Waals surface area contributed by atoms with Crippen LogP contribution in [-0.4, -0.2) is 38.2 Å². The van der Waals surface area contributed by atoms with E-state index in [4.69, 9.17) is 14.2 Å². The summed E-state index contributed by atoms with van der Waals surface area (Å²) in [6.07, 6.45) is 5.11. The minimum Gasteiger partial charge on any atom is -0.497 e. The van der Waals surface area contributed by atoms with Crippen molar-refractivity contribution >= 4 is 18.0 Å². The van der Waals surface area contributed by atoms with Crippen molar-refractivity contribution in [2.45, 2.75) is 12.6 Å². The zero-order valence-electron chi connectivity index (χ0n) is 17.8. The van der Waals surface area contributed by atoms with Gasteiger partial charge in [0.25, 0.3) is 0 Å². The molecule has 1 unspecified atom stereocenters. The summed E-state index contributed by atoms with van der Waals surface area (Å²) < 4.78 is 15.2. The third kappa shape index (κ3) is 4.69. The lowest BCUT2D eigenvalue weighted by molar-refractivity contribution is -0.139. The first kappa shape index (κ1) is 21.9. The van der Waals surface area contributed by atoms with Crippen LogP contribution in [0.25, 0.3) is 6.08 Å². The van der Waals surface area contributed by atoms with E-state index in [1.54, 1.807) is 19.4 Å². The van der Waals surface area contributed by atoms with Crippen molar-refractivity contribution in [3.05, 3.63) is 95.2 Å². The van der Waals surface area contributed by atoms with Crippen molar-refractivity contribution in [1.82, 2.24) is 4.90 Å². The van der Waals surface area contributed by atoms with Gasteiger partial charge in [0, 0.05) is 12.7 Å². The Kier molecular flexibility index (Phi) is 6.92. The number of carbonyl (C=O) groups is 2. The van der Waals surface area contributed by atoms with Gasteiger partial charge in [-0.1, -0.05) is 42.5 Å². The molecule has 1 heterocycles. The number of hydrogen-bond donors (Lipinski definition) is 0. The van der Waals surface area contributed by atoms with Crippen molar-refractivity contribution in [3.8, 4) is 5.75 Å². The second-order valence-electron chi connectivity index (χ2n) is 6.91. The van der Waals surface area contributed by atoms with Gasteiger partial charge >= 0.3 is 11.9 Å². The molecule has 160 valence electrons. The lowest BCUT2D eigenvalue weighted by Gasteiger charge is -2.32. The predicted molar refractivity (Wildman–Crippen MR) is 118 cm³/mol. The highest BCUT2D eigenvalue weighted by Crippen LogP contribution is 2.33. The molecule has 3 rings (SSSR count). The second kappa shape index (κ2) is 9.80. The second-order valence-corrected chi connectivity index (χ2v) is 6.91. The van der Waals surface area contributed by atoms with Crippen LogP contribution in [0.15, 0.2) is 78.5 Å². The lowest BCUT2D eigenvalue weighted by Crippen LogP contribution is -2.27. The average molecular weight is 419 g/mol. The van der Waals surface area contributed by atoms with Crippen LogP contribution in [0.3, 0.4) is 0 Å².